The first-order valence-corrected chi connectivity index (χ1v) is 8.32. The largest absolute Gasteiger partial charge is 0.465 e. The molecule has 4 N–H and O–H groups in total. The van der Waals surface area contributed by atoms with Crippen LogP contribution in [0.15, 0.2) is 43.0 Å². The summed E-state index contributed by atoms with van der Waals surface area (Å²) in [5.74, 6) is 0.382. The highest BCUT2D eigenvalue weighted by Gasteiger charge is 2.13. The molecule has 1 amide bonds. The molecule has 5 heteroatoms. The summed E-state index contributed by atoms with van der Waals surface area (Å²) in [5.41, 5.74) is 8.59. The molecule has 0 aliphatic rings. The molecular formula is C20H28N2O3. The Bertz CT molecular complexity index is 663. The number of hydrogen-bond donors (Lipinski definition) is 3. The topological polar surface area (TPSA) is 84.6 Å². The van der Waals surface area contributed by atoms with Crippen LogP contribution < -0.4 is 15.8 Å². The Hall–Kier alpha value is -2.37. The van der Waals surface area contributed by atoms with E-state index in [-0.39, 0.29) is 11.9 Å². The minimum absolute atomic E-state index is 0.168. The van der Waals surface area contributed by atoms with Crippen LogP contribution in [-0.4, -0.2) is 23.3 Å². The van der Waals surface area contributed by atoms with E-state index < -0.39 is 6.29 Å². The molecule has 0 radical (unpaired) electrons. The Morgan fingerprint density at radius 1 is 1.44 bits per heavy atom. The molecule has 2 unspecified atom stereocenters. The van der Waals surface area contributed by atoms with Crippen LogP contribution in [0, 0.1) is 0 Å². The second-order valence-corrected chi connectivity index (χ2v) is 5.81. The van der Waals surface area contributed by atoms with Crippen LogP contribution in [-0.2, 0) is 11.2 Å². The Morgan fingerprint density at radius 3 is 2.64 bits per heavy atom. The monoisotopic (exact) mass is 344 g/mol. The van der Waals surface area contributed by atoms with E-state index in [0.717, 1.165) is 5.56 Å². The van der Waals surface area contributed by atoms with Gasteiger partial charge >= 0.3 is 0 Å². The summed E-state index contributed by atoms with van der Waals surface area (Å²) in [6.07, 6.45) is 5.40. The van der Waals surface area contributed by atoms with Gasteiger partial charge in [-0.1, -0.05) is 31.7 Å². The second kappa shape index (κ2) is 9.81. The molecule has 25 heavy (non-hydrogen) atoms. The van der Waals surface area contributed by atoms with Crippen molar-refractivity contribution in [1.82, 2.24) is 0 Å². The molecule has 0 saturated heterocycles. The van der Waals surface area contributed by atoms with Crippen molar-refractivity contribution < 1.29 is 14.6 Å². The third-order valence-corrected chi connectivity index (χ3v) is 3.70. The first-order chi connectivity index (χ1) is 11.8. The van der Waals surface area contributed by atoms with Gasteiger partial charge in [-0.25, -0.2) is 0 Å². The highest BCUT2D eigenvalue weighted by Crippen LogP contribution is 2.30. The maximum absolute atomic E-state index is 12.3. The third-order valence-electron chi connectivity index (χ3n) is 3.70. The standard InChI is InChI=1S/C20H28N2O3/c1-6-15-11-18(12-16(7-2)19(15)25-14(5)23)22-20(24)13(4)9-10-17(21)8-3/h6,8-9,11-12,14,17,23H,1,3,7,10,21H2,2,4-5H3,(H,22,24)/b13-9+. The van der Waals surface area contributed by atoms with Crippen LogP contribution in [0.1, 0.15) is 38.3 Å². The van der Waals surface area contributed by atoms with Crippen molar-refractivity contribution >= 4 is 17.7 Å². The van der Waals surface area contributed by atoms with Crippen molar-refractivity contribution in [3.05, 3.63) is 54.1 Å². The molecule has 0 aromatic heterocycles. The Morgan fingerprint density at radius 2 is 2.12 bits per heavy atom. The van der Waals surface area contributed by atoms with Crippen LogP contribution in [0.3, 0.4) is 0 Å². The number of carbonyl (C=O) groups is 1. The minimum Gasteiger partial charge on any atom is -0.465 e. The van der Waals surface area contributed by atoms with Gasteiger partial charge < -0.3 is 20.9 Å². The lowest BCUT2D eigenvalue weighted by Crippen LogP contribution is -2.17. The number of hydrogen-bond acceptors (Lipinski definition) is 4. The summed E-state index contributed by atoms with van der Waals surface area (Å²) >= 11 is 0. The number of aryl methyl sites for hydroxylation is 1. The average molecular weight is 344 g/mol. The molecule has 0 spiro atoms. The van der Waals surface area contributed by atoms with Crippen molar-refractivity contribution in [2.45, 2.75) is 45.9 Å². The molecule has 0 aliphatic carbocycles. The van der Waals surface area contributed by atoms with Crippen LogP contribution >= 0.6 is 0 Å². The molecule has 5 nitrogen and oxygen atoms in total. The minimum atomic E-state index is -0.927. The predicted molar refractivity (Wildman–Crippen MR) is 103 cm³/mol. The van der Waals surface area contributed by atoms with Crippen molar-refractivity contribution in [2.75, 3.05) is 5.32 Å². The fraction of sp³-hybridized carbons (Fsp3) is 0.350. The SMILES string of the molecule is C=Cc1cc(NC(=O)/C(C)=C/CC(N)C=C)cc(CC)c1OC(C)O. The molecule has 0 bridgehead atoms. The number of ether oxygens (including phenoxy) is 1. The lowest BCUT2D eigenvalue weighted by Gasteiger charge is -2.17. The number of nitrogens with one attached hydrogen (secondary N) is 1. The molecule has 0 heterocycles. The molecule has 0 aliphatic heterocycles. The number of anilines is 1. The van der Waals surface area contributed by atoms with E-state index in [0.29, 0.717) is 35.4 Å². The predicted octanol–water partition coefficient (Wildman–Crippen LogP) is 3.40. The van der Waals surface area contributed by atoms with Gasteiger partial charge in [-0.15, -0.1) is 6.58 Å². The number of nitrogens with two attached hydrogens (primary N) is 1. The van der Waals surface area contributed by atoms with Crippen LogP contribution in [0.4, 0.5) is 5.69 Å². The van der Waals surface area contributed by atoms with Crippen molar-refractivity contribution in [2.24, 2.45) is 5.73 Å². The van der Waals surface area contributed by atoms with Crippen molar-refractivity contribution in [3.63, 3.8) is 0 Å². The summed E-state index contributed by atoms with van der Waals surface area (Å²) in [6.45, 7) is 12.7. The zero-order valence-electron chi connectivity index (χ0n) is 15.2. The lowest BCUT2D eigenvalue weighted by atomic mass is 10.0. The molecule has 2 atom stereocenters. The van der Waals surface area contributed by atoms with Gasteiger partial charge in [0.2, 0.25) is 0 Å². The summed E-state index contributed by atoms with van der Waals surface area (Å²) in [5, 5.41) is 12.4. The summed E-state index contributed by atoms with van der Waals surface area (Å²) in [4.78, 5) is 12.3. The molecule has 0 saturated carbocycles. The van der Waals surface area contributed by atoms with E-state index >= 15 is 0 Å². The molecule has 1 aromatic rings. The highest BCUT2D eigenvalue weighted by molar-refractivity contribution is 6.03. The maximum Gasteiger partial charge on any atom is 0.250 e. The van der Waals surface area contributed by atoms with E-state index in [1.54, 1.807) is 38.1 Å². The highest BCUT2D eigenvalue weighted by atomic mass is 16.6. The van der Waals surface area contributed by atoms with E-state index in [9.17, 15) is 9.90 Å². The summed E-state index contributed by atoms with van der Waals surface area (Å²) in [6, 6.07) is 3.44. The van der Waals surface area contributed by atoms with Gasteiger partial charge in [0, 0.05) is 22.9 Å². The maximum atomic E-state index is 12.3. The lowest BCUT2D eigenvalue weighted by molar-refractivity contribution is -0.112. The smallest absolute Gasteiger partial charge is 0.250 e. The molecule has 136 valence electrons. The fourth-order valence-electron chi connectivity index (χ4n) is 2.25. The first-order valence-electron chi connectivity index (χ1n) is 8.32. The average Bonchev–Trinajstić information content (AvgIpc) is 2.59. The van der Waals surface area contributed by atoms with Gasteiger partial charge in [0.25, 0.3) is 5.91 Å². The number of benzene rings is 1. The third kappa shape index (κ3) is 6.21. The van der Waals surface area contributed by atoms with Gasteiger partial charge in [-0.3, -0.25) is 4.79 Å². The fourth-order valence-corrected chi connectivity index (χ4v) is 2.25. The quantitative estimate of drug-likeness (QED) is 0.364. The first kappa shape index (κ1) is 20.7. The molecule has 0 fully saturated rings. The Kier molecular flexibility index (Phi) is 8.11. The van der Waals surface area contributed by atoms with E-state index in [1.165, 1.54) is 0 Å². The van der Waals surface area contributed by atoms with E-state index in [2.05, 4.69) is 18.5 Å². The van der Waals surface area contributed by atoms with E-state index in [1.807, 2.05) is 13.0 Å². The summed E-state index contributed by atoms with van der Waals surface area (Å²) < 4.78 is 5.48. The number of rotatable bonds is 9. The Balaban J connectivity index is 3.04. The number of amides is 1. The normalized spacial score (nSPS) is 13.7. The van der Waals surface area contributed by atoms with Gasteiger partial charge in [-0.2, -0.15) is 0 Å². The van der Waals surface area contributed by atoms with E-state index in [4.69, 9.17) is 10.5 Å². The van der Waals surface area contributed by atoms with Gasteiger partial charge in [0.15, 0.2) is 6.29 Å². The van der Waals surface area contributed by atoms with Crippen molar-refractivity contribution in [3.8, 4) is 5.75 Å². The van der Waals surface area contributed by atoms with Gasteiger partial charge in [-0.05, 0) is 44.4 Å². The number of carbonyl (C=O) groups excluding carboxylic acids is 1. The second-order valence-electron chi connectivity index (χ2n) is 5.81. The molecule has 1 rings (SSSR count). The zero-order chi connectivity index (χ0) is 19.0. The van der Waals surface area contributed by atoms with Crippen LogP contribution in [0.5, 0.6) is 5.75 Å². The van der Waals surface area contributed by atoms with Gasteiger partial charge in [0.05, 0.1) is 0 Å². The van der Waals surface area contributed by atoms with Crippen molar-refractivity contribution in [1.29, 1.82) is 0 Å². The zero-order valence-corrected chi connectivity index (χ0v) is 15.2. The van der Waals surface area contributed by atoms with Crippen LogP contribution in [0.25, 0.3) is 6.08 Å². The number of aliphatic hydroxyl groups excluding tert-OH is 1. The Labute approximate surface area is 149 Å². The molecular weight excluding hydrogens is 316 g/mol. The molecule has 1 aromatic carbocycles. The van der Waals surface area contributed by atoms with Gasteiger partial charge in [0.1, 0.15) is 5.75 Å². The summed E-state index contributed by atoms with van der Waals surface area (Å²) in [7, 11) is 0. The van der Waals surface area contributed by atoms with Crippen LogP contribution in [0.2, 0.25) is 0 Å². The number of aliphatic hydroxyl groups is 1.